The fraction of sp³-hybridized carbons (Fsp3) is 0.379. The Bertz CT molecular complexity index is 1340. The molecule has 6 rings (SSSR count). The number of nitrogens with one attached hydrogen (secondary N) is 2. The lowest BCUT2D eigenvalue weighted by Gasteiger charge is -2.22. The molecule has 10 heteroatoms. The van der Waals surface area contributed by atoms with Gasteiger partial charge in [0.2, 0.25) is 0 Å². The molecule has 1 aromatic heterocycles. The van der Waals surface area contributed by atoms with Crippen LogP contribution < -0.4 is 29.6 Å². The Kier molecular flexibility index (Phi) is 8.23. The number of hydrogen-bond acceptors (Lipinski definition) is 8. The monoisotopic (exact) mass is 551 g/mol. The van der Waals surface area contributed by atoms with E-state index in [1.165, 1.54) is 16.9 Å². The third-order valence-corrected chi connectivity index (χ3v) is 8.09. The van der Waals surface area contributed by atoms with E-state index in [-0.39, 0.29) is 37.1 Å². The number of hydrogen-bond donors (Lipinski definition) is 2. The summed E-state index contributed by atoms with van der Waals surface area (Å²) < 4.78 is 23.1. The molecule has 2 N–H and O–H groups in total. The number of benzene rings is 2. The van der Waals surface area contributed by atoms with Crippen molar-refractivity contribution in [3.63, 3.8) is 0 Å². The normalized spacial score (nSPS) is 19.8. The van der Waals surface area contributed by atoms with Crippen molar-refractivity contribution in [2.75, 3.05) is 33.9 Å². The van der Waals surface area contributed by atoms with Gasteiger partial charge in [-0.15, -0.1) is 11.3 Å². The van der Waals surface area contributed by atoms with Gasteiger partial charge in [-0.3, -0.25) is 14.5 Å². The zero-order chi connectivity index (χ0) is 27.4. The van der Waals surface area contributed by atoms with Gasteiger partial charge >= 0.3 is 0 Å². The topological polar surface area (TPSA) is 98.4 Å². The van der Waals surface area contributed by atoms with Gasteiger partial charge in [0.05, 0.1) is 20.3 Å². The minimum atomic E-state index is -0.304. The van der Waals surface area contributed by atoms with Crippen molar-refractivity contribution in [2.24, 2.45) is 0 Å². The van der Waals surface area contributed by atoms with Crippen LogP contribution in [-0.2, 0) is 24.3 Å². The van der Waals surface area contributed by atoms with Crippen LogP contribution in [0.5, 0.6) is 23.0 Å². The predicted molar refractivity (Wildman–Crippen MR) is 148 cm³/mol. The Morgan fingerprint density at radius 2 is 1.85 bits per heavy atom. The summed E-state index contributed by atoms with van der Waals surface area (Å²) in [5.74, 6) is 1.49. The van der Waals surface area contributed by atoms with E-state index >= 15 is 0 Å². The second kappa shape index (κ2) is 12.0. The first-order valence-corrected chi connectivity index (χ1v) is 13.8. The maximum Gasteiger partial charge on any atom is 0.258 e. The van der Waals surface area contributed by atoms with Crippen LogP contribution in [0.25, 0.3) is 0 Å². The van der Waals surface area contributed by atoms with E-state index in [9.17, 15) is 9.59 Å². The number of fused-ring (bicyclic) bond motifs is 7. The zero-order valence-electron chi connectivity index (χ0n) is 22.3. The van der Waals surface area contributed by atoms with Crippen LogP contribution >= 0.6 is 11.3 Å². The number of rotatable bonds is 5. The van der Waals surface area contributed by atoms with Crippen LogP contribution in [0.3, 0.4) is 0 Å². The van der Waals surface area contributed by atoms with Crippen LogP contribution in [0.1, 0.15) is 32.6 Å². The summed E-state index contributed by atoms with van der Waals surface area (Å²) in [5, 5.41) is 6.01. The maximum absolute atomic E-state index is 13.4. The van der Waals surface area contributed by atoms with E-state index in [1.54, 1.807) is 25.3 Å². The first-order valence-electron chi connectivity index (χ1n) is 13.0. The fourth-order valence-corrected chi connectivity index (χ4v) is 5.83. The molecule has 3 aliphatic rings. The van der Waals surface area contributed by atoms with E-state index in [0.29, 0.717) is 41.7 Å². The molecule has 4 bridgehead atoms. The van der Waals surface area contributed by atoms with E-state index < -0.39 is 0 Å². The number of aryl methyl sites for hydroxylation is 1. The quantitative estimate of drug-likeness (QED) is 0.502. The van der Waals surface area contributed by atoms with Crippen molar-refractivity contribution in [2.45, 2.75) is 38.6 Å². The minimum Gasteiger partial charge on any atom is -0.497 e. The van der Waals surface area contributed by atoms with Crippen molar-refractivity contribution in [3.05, 3.63) is 69.4 Å². The van der Waals surface area contributed by atoms with Crippen molar-refractivity contribution >= 4 is 23.2 Å². The van der Waals surface area contributed by atoms with Crippen LogP contribution in [0.15, 0.2) is 48.5 Å². The predicted octanol–water partition coefficient (Wildman–Crippen LogP) is 3.40. The number of amides is 2. The highest BCUT2D eigenvalue weighted by molar-refractivity contribution is 7.11. The maximum atomic E-state index is 13.4. The first kappa shape index (κ1) is 26.8. The van der Waals surface area contributed by atoms with Gasteiger partial charge in [-0.1, -0.05) is 6.92 Å². The molecule has 2 amide bonds. The molecule has 0 spiro atoms. The molecule has 2 aromatic carbocycles. The molecule has 0 saturated carbocycles. The van der Waals surface area contributed by atoms with Gasteiger partial charge in [0.15, 0.2) is 6.61 Å². The summed E-state index contributed by atoms with van der Waals surface area (Å²) in [7, 11) is 3.11. The Balaban J connectivity index is 1.45. The molecule has 39 heavy (non-hydrogen) atoms. The highest BCUT2D eigenvalue weighted by Crippen LogP contribution is 2.29. The van der Waals surface area contributed by atoms with E-state index in [0.717, 1.165) is 18.5 Å². The largest absolute Gasteiger partial charge is 0.497 e. The second-order valence-electron chi connectivity index (χ2n) is 9.59. The Morgan fingerprint density at radius 3 is 2.62 bits per heavy atom. The standard InChI is InChI=1S/C29H33N3O6S/c1-4-23-7-8-24(39-23)14-32-15-25-27(16-32)38-20-6-5-18(26(12-20)36-3)13-30-28(33)17-37-22-10-19(29(34)31-25)9-21(11-22)35-2/h5-12,25,27H,4,13-17H2,1-3H3,(H,30,33)(H,31,34)/t25-,27-/m0/s1. The molecule has 0 radical (unpaired) electrons. The van der Waals surface area contributed by atoms with Gasteiger partial charge in [-0.05, 0) is 42.8 Å². The van der Waals surface area contributed by atoms with E-state index in [2.05, 4.69) is 34.6 Å². The lowest BCUT2D eigenvalue weighted by Crippen LogP contribution is -2.45. The lowest BCUT2D eigenvalue weighted by molar-refractivity contribution is -0.123. The third kappa shape index (κ3) is 6.46. The Labute approximate surface area is 232 Å². The first-order chi connectivity index (χ1) is 18.9. The summed E-state index contributed by atoms with van der Waals surface area (Å²) in [6.45, 7) is 4.30. The highest BCUT2D eigenvalue weighted by Gasteiger charge is 2.36. The summed E-state index contributed by atoms with van der Waals surface area (Å²) in [5.41, 5.74) is 1.19. The minimum absolute atomic E-state index is 0.208. The van der Waals surface area contributed by atoms with E-state index in [4.69, 9.17) is 18.9 Å². The Morgan fingerprint density at radius 1 is 1.00 bits per heavy atom. The Hall–Kier alpha value is -3.76. The average Bonchev–Trinajstić information content (AvgIpc) is 3.56. The SMILES string of the molecule is CCc1ccc(CN2C[C@@H]3NC(=O)c4cc(OC)cc(c4)OCC(=O)NCc4ccc(cc4OC)O[C@H]3C2)s1. The fourth-order valence-electron chi connectivity index (χ4n) is 4.83. The number of carbonyl (C=O) groups is 2. The third-order valence-electron chi connectivity index (χ3n) is 6.87. The number of thiophene rings is 1. The summed E-state index contributed by atoms with van der Waals surface area (Å²) >= 11 is 1.82. The van der Waals surface area contributed by atoms with Gasteiger partial charge in [-0.25, -0.2) is 0 Å². The molecule has 9 nitrogen and oxygen atoms in total. The molecule has 3 aliphatic heterocycles. The van der Waals surface area contributed by atoms with Crippen molar-refractivity contribution in [1.82, 2.24) is 15.5 Å². The second-order valence-corrected chi connectivity index (χ2v) is 10.8. The number of likely N-dealkylation sites (tertiary alicyclic amines) is 1. The lowest BCUT2D eigenvalue weighted by atomic mass is 10.1. The zero-order valence-corrected chi connectivity index (χ0v) is 23.1. The number of nitrogens with zero attached hydrogens (tertiary/aromatic N) is 1. The van der Waals surface area contributed by atoms with Crippen molar-refractivity contribution < 1.29 is 28.5 Å². The van der Waals surface area contributed by atoms with Gasteiger partial charge in [-0.2, -0.15) is 0 Å². The molecule has 0 aliphatic carbocycles. The van der Waals surface area contributed by atoms with Gasteiger partial charge in [0, 0.05) is 59.2 Å². The van der Waals surface area contributed by atoms with Crippen LogP contribution in [0.2, 0.25) is 0 Å². The van der Waals surface area contributed by atoms with Crippen molar-refractivity contribution in [1.29, 1.82) is 0 Å². The summed E-state index contributed by atoms with van der Waals surface area (Å²) in [6.07, 6.45) is 0.731. The molecular formula is C29H33N3O6S. The molecule has 1 fully saturated rings. The number of carbonyl (C=O) groups excluding carboxylic acids is 2. The molecule has 3 aromatic rings. The average molecular weight is 552 g/mol. The van der Waals surface area contributed by atoms with Crippen LogP contribution in [0, 0.1) is 0 Å². The molecule has 2 atom stereocenters. The van der Waals surface area contributed by atoms with Gasteiger partial charge < -0.3 is 29.6 Å². The van der Waals surface area contributed by atoms with Crippen LogP contribution in [0.4, 0.5) is 0 Å². The molecule has 206 valence electrons. The number of ether oxygens (including phenoxy) is 4. The van der Waals surface area contributed by atoms with E-state index in [1.807, 2.05) is 29.5 Å². The van der Waals surface area contributed by atoms with Gasteiger partial charge in [0.1, 0.15) is 29.1 Å². The van der Waals surface area contributed by atoms with Crippen molar-refractivity contribution in [3.8, 4) is 23.0 Å². The molecule has 4 heterocycles. The van der Waals surface area contributed by atoms with Crippen LogP contribution in [-0.4, -0.2) is 62.8 Å². The molecule has 0 unspecified atom stereocenters. The van der Waals surface area contributed by atoms with Gasteiger partial charge in [0.25, 0.3) is 11.8 Å². The molecular weight excluding hydrogens is 518 g/mol. The highest BCUT2D eigenvalue weighted by atomic mass is 32.1. The smallest absolute Gasteiger partial charge is 0.258 e. The molecule has 1 saturated heterocycles. The summed E-state index contributed by atoms with van der Waals surface area (Å²) in [4.78, 5) is 30.8. The number of methoxy groups -OCH3 is 2. The summed E-state index contributed by atoms with van der Waals surface area (Å²) in [6, 6.07) is 14.6.